The van der Waals surface area contributed by atoms with Gasteiger partial charge in [-0.15, -0.1) is 17.0 Å². The first-order valence-corrected chi connectivity index (χ1v) is 10.3. The summed E-state index contributed by atoms with van der Waals surface area (Å²) in [6.07, 6.45) is 0.825. The topological polar surface area (TPSA) is 37.3 Å². The van der Waals surface area contributed by atoms with Crippen LogP contribution in [0.1, 0.15) is 6.42 Å². The first-order chi connectivity index (χ1) is 11.7. The molecule has 0 unspecified atom stereocenters. The normalized spacial score (nSPS) is 11.4. The molecule has 0 fully saturated rings. The van der Waals surface area contributed by atoms with Gasteiger partial charge in [0.1, 0.15) is 0 Å². The van der Waals surface area contributed by atoms with Gasteiger partial charge in [0, 0.05) is 0 Å². The van der Waals surface area contributed by atoms with Crippen molar-refractivity contribution >= 4 is 46.1 Å². The predicted molar refractivity (Wildman–Crippen MR) is 114 cm³/mol. The van der Waals surface area contributed by atoms with E-state index in [0.29, 0.717) is 6.16 Å². The zero-order valence-corrected chi connectivity index (χ0v) is 16.6. The van der Waals surface area contributed by atoms with E-state index >= 15 is 0 Å². The van der Waals surface area contributed by atoms with Crippen LogP contribution in [-0.2, 0) is 4.79 Å². The molecule has 3 aromatic rings. The summed E-state index contributed by atoms with van der Waals surface area (Å²) in [5.41, 5.74) is 0. The van der Waals surface area contributed by atoms with E-state index in [2.05, 4.69) is 36.4 Å². The summed E-state index contributed by atoms with van der Waals surface area (Å²) in [6.45, 7) is 0. The number of rotatable bonds is 6. The molecule has 0 aromatic heterocycles. The third kappa shape index (κ3) is 4.18. The predicted octanol–water partition coefficient (Wildman–Crippen LogP) is 3.77. The molecule has 3 rings (SSSR count). The molecule has 0 atom stereocenters. The molecule has 130 valence electrons. The number of carboxylic acid groups (broad SMARTS) is 1. The van der Waals surface area contributed by atoms with E-state index in [1.807, 2.05) is 54.6 Å². The summed E-state index contributed by atoms with van der Waals surface area (Å²) in [4.78, 5) is 11.4. The molecule has 0 bridgehead atoms. The van der Waals surface area contributed by atoms with Crippen LogP contribution in [0.2, 0.25) is 0 Å². The summed E-state index contributed by atoms with van der Waals surface area (Å²) in [7, 11) is -2.37. The van der Waals surface area contributed by atoms with Crippen molar-refractivity contribution in [3.63, 3.8) is 0 Å². The first kappa shape index (κ1) is 19.4. The Labute approximate surface area is 159 Å². The van der Waals surface area contributed by atoms with Gasteiger partial charge in [-0.3, -0.25) is 0 Å². The van der Waals surface area contributed by atoms with Crippen molar-refractivity contribution < 1.29 is 9.90 Å². The molecule has 0 aliphatic carbocycles. The Balaban J connectivity index is 0.00000225. The number of benzene rings is 3. The Morgan fingerprint density at radius 1 is 0.680 bits per heavy atom. The molecular formula is C21H22BrO2P. The van der Waals surface area contributed by atoms with Crippen LogP contribution in [0.25, 0.3) is 0 Å². The maximum absolute atomic E-state index is 11.4. The Bertz CT molecular complexity index is 695. The third-order valence-electron chi connectivity index (χ3n) is 4.51. The van der Waals surface area contributed by atoms with E-state index < -0.39 is 13.2 Å². The Hall–Kier alpha value is -1.96. The standard InChI is InChI=1S/C21H21O2P.BrH/c22-21(23)16-17-24(18-10-4-1-5-11-18,19-12-6-2-7-13-19)20-14-8-3-9-15-20;/h1-15,24H,16-17H2,(H,22,23);1H. The Morgan fingerprint density at radius 3 is 1.28 bits per heavy atom. The quantitative estimate of drug-likeness (QED) is 0.621. The number of halogens is 1. The average molecular weight is 417 g/mol. The minimum absolute atomic E-state index is 0. The Kier molecular flexibility index (Phi) is 6.92. The zero-order valence-electron chi connectivity index (χ0n) is 13.8. The monoisotopic (exact) mass is 416 g/mol. The molecule has 25 heavy (non-hydrogen) atoms. The molecule has 0 heterocycles. The van der Waals surface area contributed by atoms with E-state index in [4.69, 9.17) is 0 Å². The van der Waals surface area contributed by atoms with Gasteiger partial charge in [0.05, 0.1) is 0 Å². The molecule has 2 nitrogen and oxygen atoms in total. The van der Waals surface area contributed by atoms with Gasteiger partial charge in [-0.25, -0.2) is 0 Å². The van der Waals surface area contributed by atoms with Gasteiger partial charge in [-0.1, -0.05) is 0 Å². The van der Waals surface area contributed by atoms with Crippen LogP contribution in [0.3, 0.4) is 0 Å². The van der Waals surface area contributed by atoms with Crippen LogP contribution in [0, 0.1) is 0 Å². The summed E-state index contributed by atoms with van der Waals surface area (Å²) in [5.74, 6) is -0.741. The minimum atomic E-state index is -2.37. The molecule has 0 aliphatic heterocycles. The second-order valence-electron chi connectivity index (χ2n) is 5.90. The van der Waals surface area contributed by atoms with Crippen LogP contribution in [0.4, 0.5) is 0 Å². The Morgan fingerprint density at radius 2 is 1.00 bits per heavy atom. The third-order valence-corrected chi connectivity index (χ3v) is 9.47. The number of hydrogen-bond donors (Lipinski definition) is 1. The van der Waals surface area contributed by atoms with Crippen LogP contribution in [0.5, 0.6) is 0 Å². The number of aliphatic carboxylic acids is 1. The van der Waals surface area contributed by atoms with Crippen molar-refractivity contribution in [3.8, 4) is 0 Å². The number of carboxylic acids is 1. The SMILES string of the molecule is Br.O=C(O)CC[PH](c1ccccc1)(c1ccccc1)c1ccccc1. The summed E-state index contributed by atoms with van der Waals surface area (Å²) < 4.78 is 0. The van der Waals surface area contributed by atoms with Crippen molar-refractivity contribution in [2.24, 2.45) is 0 Å². The van der Waals surface area contributed by atoms with Crippen molar-refractivity contribution in [1.29, 1.82) is 0 Å². The molecule has 0 saturated heterocycles. The fraction of sp³-hybridized carbons (Fsp3) is 0.0952. The molecular weight excluding hydrogens is 395 g/mol. The van der Waals surface area contributed by atoms with E-state index in [1.165, 1.54) is 15.9 Å². The zero-order chi connectivity index (χ0) is 16.8. The van der Waals surface area contributed by atoms with E-state index in [-0.39, 0.29) is 23.4 Å². The van der Waals surface area contributed by atoms with E-state index in [9.17, 15) is 9.90 Å². The van der Waals surface area contributed by atoms with Gasteiger partial charge in [0.25, 0.3) is 0 Å². The van der Waals surface area contributed by atoms with Gasteiger partial charge in [0.15, 0.2) is 0 Å². The maximum atomic E-state index is 11.4. The summed E-state index contributed by atoms with van der Waals surface area (Å²) in [5, 5.41) is 13.1. The summed E-state index contributed by atoms with van der Waals surface area (Å²) >= 11 is 0. The molecule has 0 amide bonds. The van der Waals surface area contributed by atoms with E-state index in [1.54, 1.807) is 0 Å². The molecule has 0 aliphatic rings. The van der Waals surface area contributed by atoms with Crippen LogP contribution < -0.4 is 15.9 Å². The van der Waals surface area contributed by atoms with Crippen LogP contribution in [0.15, 0.2) is 91.0 Å². The molecule has 4 heteroatoms. The van der Waals surface area contributed by atoms with E-state index in [0.717, 1.165) is 0 Å². The average Bonchev–Trinajstić information content (AvgIpc) is 2.65. The van der Waals surface area contributed by atoms with Crippen molar-refractivity contribution in [2.75, 3.05) is 6.16 Å². The molecule has 3 aromatic carbocycles. The molecule has 0 radical (unpaired) electrons. The van der Waals surface area contributed by atoms with Crippen molar-refractivity contribution in [1.82, 2.24) is 0 Å². The first-order valence-electron chi connectivity index (χ1n) is 8.12. The van der Waals surface area contributed by atoms with Gasteiger partial charge in [0.2, 0.25) is 0 Å². The number of hydrogen-bond acceptors (Lipinski definition) is 1. The van der Waals surface area contributed by atoms with Crippen LogP contribution in [-0.4, -0.2) is 17.2 Å². The van der Waals surface area contributed by atoms with Gasteiger partial charge in [-0.05, 0) is 0 Å². The summed E-state index contributed by atoms with van der Waals surface area (Å²) in [6, 6.07) is 31.2. The molecule has 1 N–H and O–H groups in total. The van der Waals surface area contributed by atoms with Gasteiger partial charge < -0.3 is 0 Å². The second kappa shape index (κ2) is 8.94. The number of carbonyl (C=O) groups is 1. The van der Waals surface area contributed by atoms with Gasteiger partial charge in [-0.2, -0.15) is 0 Å². The van der Waals surface area contributed by atoms with Crippen molar-refractivity contribution in [2.45, 2.75) is 6.42 Å². The molecule has 0 spiro atoms. The van der Waals surface area contributed by atoms with Gasteiger partial charge >= 0.3 is 143 Å². The van der Waals surface area contributed by atoms with Crippen LogP contribution >= 0.6 is 24.2 Å². The fourth-order valence-electron chi connectivity index (χ4n) is 3.40. The second-order valence-corrected chi connectivity index (χ2v) is 9.94. The van der Waals surface area contributed by atoms with Crippen molar-refractivity contribution in [3.05, 3.63) is 91.0 Å². The molecule has 0 saturated carbocycles. The fourth-order valence-corrected chi connectivity index (χ4v) is 8.13.